The Kier molecular flexibility index (Phi) is 3.06. The Bertz CT molecular complexity index is 620. The van der Waals surface area contributed by atoms with Crippen LogP contribution in [0.1, 0.15) is 49.0 Å². The summed E-state index contributed by atoms with van der Waals surface area (Å²) in [5, 5.41) is 8.55. The molecule has 0 amide bonds. The van der Waals surface area contributed by atoms with E-state index >= 15 is 0 Å². The van der Waals surface area contributed by atoms with Crippen LogP contribution in [-0.2, 0) is 6.54 Å². The number of hydrogen-bond donors (Lipinski definition) is 0. The summed E-state index contributed by atoms with van der Waals surface area (Å²) in [5.41, 5.74) is 1.24. The summed E-state index contributed by atoms with van der Waals surface area (Å²) < 4.78 is 7.25. The quantitative estimate of drug-likeness (QED) is 0.866. The first kappa shape index (κ1) is 13.0. The third-order valence-corrected chi connectivity index (χ3v) is 4.86. The number of fused-ring (bicyclic) bond motifs is 2. The molecule has 0 spiro atoms. The van der Waals surface area contributed by atoms with Crippen molar-refractivity contribution in [2.45, 2.75) is 64.2 Å². The zero-order chi connectivity index (χ0) is 14.4. The molecule has 2 aromatic heterocycles. The first-order valence-corrected chi connectivity index (χ1v) is 7.75. The number of piperidine rings is 1. The molecule has 0 saturated carbocycles. The van der Waals surface area contributed by atoms with E-state index in [9.17, 15) is 0 Å². The summed E-state index contributed by atoms with van der Waals surface area (Å²) in [4.78, 5) is 6.91. The Labute approximate surface area is 124 Å². The van der Waals surface area contributed by atoms with E-state index in [-0.39, 0.29) is 0 Å². The molecule has 6 heteroatoms. The molecule has 112 valence electrons. The molecule has 0 radical (unpaired) electrons. The van der Waals surface area contributed by atoms with Gasteiger partial charge >= 0.3 is 0 Å². The molecule has 2 aromatic rings. The zero-order valence-corrected chi connectivity index (χ0v) is 12.6. The van der Waals surface area contributed by atoms with Crippen LogP contribution in [0.3, 0.4) is 0 Å². The first-order chi connectivity index (χ1) is 10.2. The third-order valence-electron chi connectivity index (χ3n) is 4.86. The maximum Gasteiger partial charge on any atom is 0.223 e. The predicted octanol–water partition coefficient (Wildman–Crippen LogP) is 2.25. The maximum absolute atomic E-state index is 5.09. The van der Waals surface area contributed by atoms with Gasteiger partial charge in [-0.25, -0.2) is 0 Å². The van der Waals surface area contributed by atoms with E-state index in [1.54, 1.807) is 0 Å². The second-order valence-corrected chi connectivity index (χ2v) is 6.41. The highest BCUT2D eigenvalue weighted by Crippen LogP contribution is 2.41. The van der Waals surface area contributed by atoms with Gasteiger partial charge in [0.1, 0.15) is 0 Å². The number of aryl methyl sites for hydroxylation is 2. The van der Waals surface area contributed by atoms with Crippen molar-refractivity contribution in [1.82, 2.24) is 24.8 Å². The average molecular weight is 287 g/mol. The summed E-state index contributed by atoms with van der Waals surface area (Å²) in [5.74, 6) is 1.47. The number of nitrogens with zero attached hydrogens (tertiary/aromatic N) is 5. The summed E-state index contributed by atoms with van der Waals surface area (Å²) >= 11 is 0. The third kappa shape index (κ3) is 2.37. The van der Waals surface area contributed by atoms with Crippen LogP contribution in [0.25, 0.3) is 0 Å². The van der Waals surface area contributed by atoms with Gasteiger partial charge in [0, 0.05) is 25.2 Å². The minimum atomic E-state index is 0.541. The molecule has 0 aliphatic carbocycles. The second kappa shape index (κ2) is 4.94. The van der Waals surface area contributed by atoms with E-state index in [1.165, 1.54) is 31.2 Å². The normalized spacial score (nSPS) is 29.1. The van der Waals surface area contributed by atoms with Crippen LogP contribution < -0.4 is 0 Å². The lowest BCUT2D eigenvalue weighted by molar-refractivity contribution is 0.0916. The van der Waals surface area contributed by atoms with E-state index in [4.69, 9.17) is 4.52 Å². The molecule has 4 rings (SSSR count). The van der Waals surface area contributed by atoms with Gasteiger partial charge in [-0.2, -0.15) is 10.1 Å². The van der Waals surface area contributed by atoms with Crippen molar-refractivity contribution >= 4 is 0 Å². The van der Waals surface area contributed by atoms with Crippen LogP contribution in [0, 0.1) is 13.8 Å². The van der Waals surface area contributed by atoms with Crippen molar-refractivity contribution in [3.8, 4) is 0 Å². The Hall–Kier alpha value is -1.69. The molecule has 2 aliphatic heterocycles. The smallest absolute Gasteiger partial charge is 0.223 e. The molecule has 2 fully saturated rings. The van der Waals surface area contributed by atoms with Gasteiger partial charge in [-0.15, -0.1) is 0 Å². The van der Waals surface area contributed by atoms with E-state index in [2.05, 4.69) is 37.9 Å². The SMILES string of the molecule is Cc1cnn(C2CC3CCC(C2)N3Cc2noc(C)n2)c1. The minimum Gasteiger partial charge on any atom is -0.340 e. The first-order valence-electron chi connectivity index (χ1n) is 7.75. The fourth-order valence-electron chi connectivity index (χ4n) is 3.92. The Morgan fingerprint density at radius 2 is 1.95 bits per heavy atom. The molecular weight excluding hydrogens is 266 g/mol. The lowest BCUT2D eigenvalue weighted by atomic mass is 9.97. The molecule has 2 atom stereocenters. The molecule has 0 N–H and O–H groups in total. The highest BCUT2D eigenvalue weighted by atomic mass is 16.5. The van der Waals surface area contributed by atoms with Gasteiger partial charge in [0.25, 0.3) is 0 Å². The minimum absolute atomic E-state index is 0.541. The van der Waals surface area contributed by atoms with E-state index in [0.29, 0.717) is 24.0 Å². The highest BCUT2D eigenvalue weighted by Gasteiger charge is 2.41. The summed E-state index contributed by atoms with van der Waals surface area (Å²) in [6, 6.07) is 1.79. The molecule has 0 aromatic carbocycles. The fraction of sp³-hybridized carbons (Fsp3) is 0.667. The van der Waals surface area contributed by atoms with Crippen LogP contribution in [0.15, 0.2) is 16.9 Å². The van der Waals surface area contributed by atoms with E-state index < -0.39 is 0 Å². The van der Waals surface area contributed by atoms with Crippen LogP contribution in [0.5, 0.6) is 0 Å². The molecule has 2 aliphatic rings. The van der Waals surface area contributed by atoms with Gasteiger partial charge in [0.2, 0.25) is 5.89 Å². The van der Waals surface area contributed by atoms with Crippen molar-refractivity contribution < 1.29 is 4.52 Å². The standard InChI is InChI=1S/C15H21N5O/c1-10-7-16-20(8-10)14-5-12-3-4-13(6-14)19(12)9-15-17-11(2)21-18-15/h7-8,12-14H,3-6,9H2,1-2H3. The van der Waals surface area contributed by atoms with Gasteiger partial charge in [-0.3, -0.25) is 9.58 Å². The summed E-state index contributed by atoms with van der Waals surface area (Å²) in [6.07, 6.45) is 9.03. The van der Waals surface area contributed by atoms with Crippen molar-refractivity contribution in [2.24, 2.45) is 0 Å². The molecule has 2 unspecified atom stereocenters. The highest BCUT2D eigenvalue weighted by molar-refractivity contribution is 5.04. The lowest BCUT2D eigenvalue weighted by Gasteiger charge is -2.38. The Balaban J connectivity index is 1.48. The lowest BCUT2D eigenvalue weighted by Crippen LogP contribution is -2.43. The van der Waals surface area contributed by atoms with Crippen LogP contribution in [0.2, 0.25) is 0 Å². The topological polar surface area (TPSA) is 60.0 Å². The largest absolute Gasteiger partial charge is 0.340 e. The van der Waals surface area contributed by atoms with Gasteiger partial charge < -0.3 is 4.52 Å². The monoisotopic (exact) mass is 287 g/mol. The van der Waals surface area contributed by atoms with Gasteiger partial charge in [0.15, 0.2) is 5.82 Å². The Morgan fingerprint density at radius 3 is 2.52 bits per heavy atom. The second-order valence-electron chi connectivity index (χ2n) is 6.41. The van der Waals surface area contributed by atoms with Crippen molar-refractivity contribution in [2.75, 3.05) is 0 Å². The molecule has 2 bridgehead atoms. The Morgan fingerprint density at radius 1 is 1.19 bits per heavy atom. The van der Waals surface area contributed by atoms with Gasteiger partial charge in [-0.05, 0) is 38.2 Å². The molecular formula is C15H21N5O. The number of rotatable bonds is 3. The van der Waals surface area contributed by atoms with Crippen LogP contribution in [0.4, 0.5) is 0 Å². The fourth-order valence-corrected chi connectivity index (χ4v) is 3.92. The van der Waals surface area contributed by atoms with Crippen molar-refractivity contribution in [3.05, 3.63) is 29.7 Å². The molecule has 21 heavy (non-hydrogen) atoms. The van der Waals surface area contributed by atoms with Crippen LogP contribution in [-0.4, -0.2) is 36.9 Å². The van der Waals surface area contributed by atoms with Gasteiger partial charge in [-0.1, -0.05) is 5.16 Å². The molecule has 6 nitrogen and oxygen atoms in total. The zero-order valence-electron chi connectivity index (χ0n) is 12.6. The molecule has 4 heterocycles. The average Bonchev–Trinajstić information content (AvgIpc) is 3.11. The summed E-state index contributed by atoms with van der Waals surface area (Å²) in [6.45, 7) is 4.76. The maximum atomic E-state index is 5.09. The van der Waals surface area contributed by atoms with Crippen molar-refractivity contribution in [3.63, 3.8) is 0 Å². The van der Waals surface area contributed by atoms with E-state index in [1.807, 2.05) is 13.1 Å². The van der Waals surface area contributed by atoms with E-state index in [0.717, 1.165) is 12.4 Å². The molecule has 2 saturated heterocycles. The predicted molar refractivity (Wildman–Crippen MR) is 76.6 cm³/mol. The van der Waals surface area contributed by atoms with Gasteiger partial charge in [0.05, 0.1) is 18.8 Å². The summed E-state index contributed by atoms with van der Waals surface area (Å²) in [7, 11) is 0. The van der Waals surface area contributed by atoms with Crippen LogP contribution >= 0.6 is 0 Å². The van der Waals surface area contributed by atoms with Crippen molar-refractivity contribution in [1.29, 1.82) is 0 Å². The number of hydrogen-bond acceptors (Lipinski definition) is 5. The number of aromatic nitrogens is 4.